The molecule has 7 aliphatic rings. The van der Waals surface area contributed by atoms with E-state index in [-0.39, 0.29) is 0 Å². The van der Waals surface area contributed by atoms with E-state index in [1.54, 1.807) is 0 Å². The molecule has 0 fully saturated rings. The summed E-state index contributed by atoms with van der Waals surface area (Å²) in [6.07, 6.45) is 13.6. The van der Waals surface area contributed by atoms with E-state index in [2.05, 4.69) is 343 Å². The Morgan fingerprint density at radius 2 is 0.559 bits per heavy atom. The molecule has 0 aliphatic heterocycles. The Balaban J connectivity index is 0.000000108. The van der Waals surface area contributed by atoms with Crippen LogP contribution in [0.1, 0.15) is 230 Å². The van der Waals surface area contributed by atoms with Gasteiger partial charge in [-0.15, -0.1) is 0 Å². The molecule has 0 saturated heterocycles. The van der Waals surface area contributed by atoms with Gasteiger partial charge in [0.1, 0.15) is 0 Å². The number of aryl methyl sites for hydroxylation is 19. The fourth-order valence-electron chi connectivity index (χ4n) is 20.0. The molecule has 21 rings (SSSR count). The van der Waals surface area contributed by atoms with Crippen LogP contribution in [0.15, 0.2) is 134 Å². The second kappa shape index (κ2) is 32.1. The highest BCUT2D eigenvalue weighted by Gasteiger charge is 2.31. The van der Waals surface area contributed by atoms with Crippen molar-refractivity contribution in [2.45, 2.75) is 232 Å². The maximum atomic E-state index is 4.68. The summed E-state index contributed by atoms with van der Waals surface area (Å²) >= 11 is 0. The maximum Gasteiger partial charge on any atom is 0.0457 e. The van der Waals surface area contributed by atoms with Gasteiger partial charge in [0.05, 0.1) is 0 Å². The Hall–Kier alpha value is -11.4. The van der Waals surface area contributed by atoms with Crippen LogP contribution in [0.25, 0.3) is 77.9 Å². The number of fused-ring (bicyclic) bond motifs is 21. The van der Waals surface area contributed by atoms with Gasteiger partial charge < -0.3 is 0 Å². The number of hydrogen-bond acceptors (Lipinski definition) is 7. The fraction of sp³-hybridized carbons (Fsp3) is 0.306. The summed E-state index contributed by atoms with van der Waals surface area (Å²) < 4.78 is 0. The Bertz CT molecular complexity index is 6510. The summed E-state index contributed by atoms with van der Waals surface area (Å²) in [7, 11) is 0. The molecule has 7 heteroatoms. The lowest BCUT2D eigenvalue weighted by Crippen LogP contribution is -1.98. The van der Waals surface area contributed by atoms with Gasteiger partial charge in [0.2, 0.25) is 0 Å². The fourth-order valence-corrected chi connectivity index (χ4v) is 20.0. The molecule has 7 nitrogen and oxygen atoms in total. The van der Waals surface area contributed by atoms with Crippen LogP contribution < -0.4 is 0 Å². The summed E-state index contributed by atoms with van der Waals surface area (Å²) in [5.74, 6) is 0. The lowest BCUT2D eigenvalue weighted by molar-refractivity contribution is 1.06. The Kier molecular flexibility index (Phi) is 22.3. The van der Waals surface area contributed by atoms with Crippen LogP contribution in [0.2, 0.25) is 0 Å². The molecule has 0 saturated carbocycles. The summed E-state index contributed by atoms with van der Waals surface area (Å²) in [6, 6.07) is 42.3. The molecule has 0 amide bonds. The van der Waals surface area contributed by atoms with Crippen LogP contribution in [-0.2, 0) is 44.9 Å². The van der Waals surface area contributed by atoms with Crippen LogP contribution in [-0.4, -0.2) is 34.9 Å². The van der Waals surface area contributed by atoms with E-state index >= 15 is 0 Å². The number of nitrogens with zero attached hydrogens (tertiary/aromatic N) is 7. The molecular weight excluding hydrogens is 1430 g/mol. The van der Waals surface area contributed by atoms with Gasteiger partial charge >= 0.3 is 0 Å². The molecule has 118 heavy (non-hydrogen) atoms. The first-order valence-corrected chi connectivity index (χ1v) is 42.6. The molecule has 7 aromatic heterocycles. The Labute approximate surface area is 703 Å². The van der Waals surface area contributed by atoms with Crippen LogP contribution in [0.5, 0.6) is 0 Å². The number of benzene rings is 7. The second-order valence-corrected chi connectivity index (χ2v) is 35.2. The molecule has 596 valence electrons. The minimum absolute atomic E-state index is 1.07. The topological polar surface area (TPSA) is 90.2 Å². The first-order valence-electron chi connectivity index (χ1n) is 42.6. The smallest absolute Gasteiger partial charge is 0.0457 e. The molecule has 0 atom stereocenters. The van der Waals surface area contributed by atoms with Gasteiger partial charge in [-0.25, -0.2) is 0 Å². The standard InChI is InChI=1S/6C16H17N.C15H15N/c1-9-5-10(2)16-13(6-9)7-14-11(3)12(4)17-8-15(14)16;1-9-5-6-13-7-14-11(3)12(4)17-8-15(14)16(13)10(9)2;1-9-5-6-14-13(7-9)8-15-10(2)11(3)17-12(4)16(14)15;1-9-5-6-13-8-14-10(2)11(3)17-12(4)16(14)15(13)7-9;1-9-6-5-7-13-14(9)8-15-10(2)11(3)17-12(4)16(13)15;1-9-6-5-7-13-8-14-10(2)11(3)17-12(4)16(14)15(9)13;1-9-5-4-6-12-13(9)7-14-10(2)11(3)16-8-15(12)14/h2*5-6,8H,7H2,1-4H3;4*5-7H,8H2,1-4H3;4-6,8H,7H2,1-3H3. The third-order valence-electron chi connectivity index (χ3n) is 27.6. The SMILES string of the molecule is Cc1cc(C)c2c(c1)Cc1c-2cnc(C)c1C.Cc1ccc2c(c1)-c1c(C)nc(C)c(C)c1C2.Cc1ccc2c(c1)Cc1c(C)c(C)nc(C)c1-2.Cc1ccc2c(c1C)-c1cnc(C)c(C)c1C2.Cc1cccc2c1-c1c(C)nc(C)c(C)c1C2.Cc1cccc2c1Cc1c(C)c(C)nc(C)c1-2.Cc1cccc2c1Cc1c-2cnc(C)c1C. The van der Waals surface area contributed by atoms with Crippen LogP contribution in [0.4, 0.5) is 0 Å². The largest absolute Gasteiger partial charge is 0.261 e. The normalized spacial score (nSPS) is 12.5. The third-order valence-corrected chi connectivity index (χ3v) is 27.6. The Morgan fingerprint density at radius 1 is 0.178 bits per heavy atom. The minimum atomic E-state index is 1.07. The summed E-state index contributed by atoms with van der Waals surface area (Å²) in [6.45, 7) is 58.3. The first kappa shape index (κ1) is 81.7. The predicted octanol–water partition coefficient (Wildman–Crippen LogP) is 26.9. The van der Waals surface area contributed by atoms with Gasteiger partial charge in [0.15, 0.2) is 0 Å². The average molecular weight is 1550 g/mol. The first-order chi connectivity index (χ1) is 56.2. The van der Waals surface area contributed by atoms with E-state index in [1.807, 2.05) is 12.4 Å². The minimum Gasteiger partial charge on any atom is -0.261 e. The molecule has 0 bridgehead atoms. The van der Waals surface area contributed by atoms with Gasteiger partial charge in [-0.2, -0.15) is 0 Å². The van der Waals surface area contributed by atoms with Crippen molar-refractivity contribution in [2.75, 3.05) is 0 Å². The van der Waals surface area contributed by atoms with Crippen molar-refractivity contribution < 1.29 is 0 Å². The van der Waals surface area contributed by atoms with E-state index in [0.717, 1.165) is 62.0 Å². The molecule has 0 radical (unpaired) electrons. The van der Waals surface area contributed by atoms with E-state index in [9.17, 15) is 0 Å². The average Bonchev–Trinajstić information content (AvgIpc) is 1.60. The van der Waals surface area contributed by atoms with Crippen molar-refractivity contribution in [1.82, 2.24) is 34.9 Å². The monoisotopic (exact) mass is 1550 g/mol. The molecule has 7 heterocycles. The van der Waals surface area contributed by atoms with Crippen molar-refractivity contribution >= 4 is 0 Å². The second-order valence-electron chi connectivity index (χ2n) is 35.2. The molecule has 0 unspecified atom stereocenters. The number of hydrogen-bond donors (Lipinski definition) is 0. The predicted molar refractivity (Wildman–Crippen MR) is 495 cm³/mol. The van der Waals surface area contributed by atoms with Crippen LogP contribution in [0.3, 0.4) is 0 Å². The third kappa shape index (κ3) is 14.7. The van der Waals surface area contributed by atoms with Gasteiger partial charge in [0, 0.05) is 120 Å². The number of rotatable bonds is 0. The van der Waals surface area contributed by atoms with Crippen LogP contribution in [0, 0.1) is 187 Å². The molecular formula is C111H117N7. The molecule has 7 aliphatic carbocycles. The van der Waals surface area contributed by atoms with E-state index in [1.165, 1.54) is 290 Å². The van der Waals surface area contributed by atoms with Crippen molar-refractivity contribution in [3.05, 3.63) is 363 Å². The van der Waals surface area contributed by atoms with E-state index in [0.29, 0.717) is 0 Å². The van der Waals surface area contributed by atoms with Crippen LogP contribution >= 0.6 is 0 Å². The number of pyridine rings is 7. The van der Waals surface area contributed by atoms with Gasteiger partial charge in [-0.1, -0.05) is 132 Å². The zero-order chi connectivity index (χ0) is 84.2. The van der Waals surface area contributed by atoms with Gasteiger partial charge in [-0.3, -0.25) is 34.9 Å². The summed E-state index contributed by atoms with van der Waals surface area (Å²) in [5.41, 5.74) is 74.7. The molecule has 0 spiro atoms. The highest BCUT2D eigenvalue weighted by atomic mass is 14.7. The van der Waals surface area contributed by atoms with Gasteiger partial charge in [0.25, 0.3) is 0 Å². The summed E-state index contributed by atoms with van der Waals surface area (Å²) in [5, 5.41) is 0. The lowest BCUT2D eigenvalue weighted by Gasteiger charge is -2.11. The van der Waals surface area contributed by atoms with E-state index in [4.69, 9.17) is 0 Å². The van der Waals surface area contributed by atoms with Crippen molar-refractivity contribution in [3.8, 4) is 77.9 Å². The Morgan fingerprint density at radius 3 is 1.14 bits per heavy atom. The zero-order valence-electron chi connectivity index (χ0n) is 75.3. The highest BCUT2D eigenvalue weighted by molar-refractivity contribution is 5.87. The van der Waals surface area contributed by atoms with Gasteiger partial charge in [-0.05, 0) is 421 Å². The quantitative estimate of drug-likeness (QED) is 0.149. The van der Waals surface area contributed by atoms with Crippen molar-refractivity contribution in [2.24, 2.45) is 0 Å². The van der Waals surface area contributed by atoms with Crippen molar-refractivity contribution in [1.29, 1.82) is 0 Å². The molecule has 0 N–H and O–H groups in total. The zero-order valence-corrected chi connectivity index (χ0v) is 75.3. The highest BCUT2D eigenvalue weighted by Crippen LogP contribution is 2.48. The summed E-state index contributed by atoms with van der Waals surface area (Å²) in [4.78, 5) is 32.2. The van der Waals surface area contributed by atoms with Crippen molar-refractivity contribution in [3.63, 3.8) is 0 Å². The number of aromatic nitrogens is 7. The lowest BCUT2D eigenvalue weighted by atomic mass is 9.97. The molecule has 14 aromatic rings. The maximum absolute atomic E-state index is 4.68. The van der Waals surface area contributed by atoms with E-state index < -0.39 is 0 Å². The molecule has 7 aromatic carbocycles.